The molecule has 1 N–H and O–H groups in total. The number of hydrogen-bond acceptors (Lipinski definition) is 8. The molecule has 2 aromatic carbocycles. The second-order valence-corrected chi connectivity index (χ2v) is 11.3. The van der Waals surface area contributed by atoms with Crippen molar-refractivity contribution in [2.45, 2.75) is 31.1 Å². The predicted molar refractivity (Wildman–Crippen MR) is 131 cm³/mol. The zero-order valence-electron chi connectivity index (χ0n) is 20.7. The number of hydrogen-bond donors (Lipinski definition) is 1. The van der Waals surface area contributed by atoms with Gasteiger partial charge in [-0.2, -0.15) is 17.9 Å². The Labute approximate surface area is 217 Å². The van der Waals surface area contributed by atoms with Gasteiger partial charge < -0.3 is 15.0 Å². The number of alkyl halides is 3. The fourth-order valence-electron chi connectivity index (χ4n) is 4.59. The lowest BCUT2D eigenvalue weighted by Gasteiger charge is -2.39. The molecule has 2 heterocycles. The summed E-state index contributed by atoms with van der Waals surface area (Å²) in [7, 11) is -2.00. The first-order valence-corrected chi connectivity index (χ1v) is 13.8. The minimum absolute atomic E-state index is 0.105. The van der Waals surface area contributed by atoms with Crippen LogP contribution in [0.2, 0.25) is 0 Å². The molecule has 204 valence electrons. The van der Waals surface area contributed by atoms with Crippen LogP contribution in [0.15, 0.2) is 48.5 Å². The molecule has 0 aliphatic carbocycles. The number of nitrogens with zero attached hydrogens (tertiary/aromatic N) is 5. The van der Waals surface area contributed by atoms with Gasteiger partial charge in [-0.3, -0.25) is 4.79 Å². The Morgan fingerprint density at radius 3 is 2.58 bits per heavy atom. The Kier molecular flexibility index (Phi) is 8.02. The van der Waals surface area contributed by atoms with Crippen LogP contribution in [-0.2, 0) is 27.4 Å². The normalized spacial score (nSPS) is 18.4. The van der Waals surface area contributed by atoms with Gasteiger partial charge in [-0.25, -0.2) is 8.42 Å². The summed E-state index contributed by atoms with van der Waals surface area (Å²) in [6, 6.07) is 14.0. The van der Waals surface area contributed by atoms with Gasteiger partial charge >= 0.3 is 6.18 Å². The van der Waals surface area contributed by atoms with E-state index in [2.05, 4.69) is 20.8 Å². The van der Waals surface area contributed by atoms with E-state index in [9.17, 15) is 26.4 Å². The lowest BCUT2D eigenvalue weighted by atomic mass is 9.85. The first kappa shape index (κ1) is 27.5. The Morgan fingerprint density at radius 1 is 1.18 bits per heavy atom. The van der Waals surface area contributed by atoms with Crippen LogP contribution in [0.4, 0.5) is 13.2 Å². The number of amides is 1. The first-order chi connectivity index (χ1) is 18.0. The molecular formula is C24H27F3N6O4S. The van der Waals surface area contributed by atoms with Crippen molar-refractivity contribution in [2.75, 3.05) is 32.2 Å². The topological polar surface area (TPSA) is 119 Å². The third-order valence-electron chi connectivity index (χ3n) is 6.37. The van der Waals surface area contributed by atoms with Crippen molar-refractivity contribution in [1.29, 1.82) is 0 Å². The predicted octanol–water partition coefficient (Wildman–Crippen LogP) is 2.21. The molecule has 10 nitrogen and oxygen atoms in total. The highest BCUT2D eigenvalue weighted by atomic mass is 32.2. The zero-order chi connectivity index (χ0) is 27.5. The van der Waals surface area contributed by atoms with Crippen molar-refractivity contribution in [1.82, 2.24) is 30.4 Å². The summed E-state index contributed by atoms with van der Waals surface area (Å²) < 4.78 is 69.4. The summed E-state index contributed by atoms with van der Waals surface area (Å²) in [6.45, 7) is 0.949. The van der Waals surface area contributed by atoms with Gasteiger partial charge in [0.15, 0.2) is 9.84 Å². The Bertz CT molecular complexity index is 1380. The highest BCUT2D eigenvalue weighted by Crippen LogP contribution is 2.31. The summed E-state index contributed by atoms with van der Waals surface area (Å²) in [5, 5.41) is 13.2. The molecule has 1 saturated heterocycles. The van der Waals surface area contributed by atoms with Crippen LogP contribution in [0.3, 0.4) is 0 Å². The van der Waals surface area contributed by atoms with E-state index >= 15 is 0 Å². The monoisotopic (exact) mass is 552 g/mol. The van der Waals surface area contributed by atoms with Crippen LogP contribution in [0.25, 0.3) is 5.69 Å². The molecule has 0 spiro atoms. The molecule has 1 aromatic heterocycles. The SMILES string of the molecule is COc1ccc(-n2nnnc2C(F)(F)F)cc1CNC1CCN(C(=O)CS(C)(=O)=O)CC1c1ccccc1. The maximum atomic E-state index is 13.3. The number of piperidine rings is 1. The van der Waals surface area contributed by atoms with Crippen molar-refractivity contribution >= 4 is 15.7 Å². The quantitative estimate of drug-likeness (QED) is 0.452. The number of sulfone groups is 1. The van der Waals surface area contributed by atoms with Gasteiger partial charge in [0.1, 0.15) is 11.5 Å². The summed E-state index contributed by atoms with van der Waals surface area (Å²) in [6.07, 6.45) is -3.15. The van der Waals surface area contributed by atoms with Crippen molar-refractivity contribution in [3.63, 3.8) is 0 Å². The lowest BCUT2D eigenvalue weighted by molar-refractivity contribution is -0.146. The number of carbonyl (C=O) groups is 1. The molecule has 1 aliphatic heterocycles. The van der Waals surface area contributed by atoms with Crippen molar-refractivity contribution in [3.05, 3.63) is 65.5 Å². The van der Waals surface area contributed by atoms with E-state index in [1.54, 1.807) is 11.0 Å². The molecule has 2 atom stereocenters. The smallest absolute Gasteiger partial charge is 0.453 e. The average Bonchev–Trinajstić information content (AvgIpc) is 3.38. The number of ether oxygens (including phenoxy) is 1. The standard InChI is InChI=1S/C24H27F3N6O4S/c1-37-21-9-8-18(33-23(24(25,26)27)29-30-31-33)12-17(21)13-28-20-10-11-32(22(34)15-38(2,35)36)14-19(20)16-6-4-3-5-7-16/h3-9,12,19-20,28H,10-11,13-15H2,1-2H3. The minimum Gasteiger partial charge on any atom is -0.496 e. The second kappa shape index (κ2) is 11.1. The Morgan fingerprint density at radius 2 is 1.92 bits per heavy atom. The van der Waals surface area contributed by atoms with E-state index in [1.165, 1.54) is 19.2 Å². The van der Waals surface area contributed by atoms with Crippen LogP contribution in [-0.4, -0.2) is 77.7 Å². The van der Waals surface area contributed by atoms with Gasteiger partial charge in [-0.1, -0.05) is 30.3 Å². The number of rotatable bonds is 8. The molecular weight excluding hydrogens is 525 g/mol. The van der Waals surface area contributed by atoms with Crippen LogP contribution < -0.4 is 10.1 Å². The largest absolute Gasteiger partial charge is 0.496 e. The van der Waals surface area contributed by atoms with Crippen molar-refractivity contribution in [2.24, 2.45) is 0 Å². The molecule has 3 aromatic rings. The van der Waals surface area contributed by atoms with E-state index in [4.69, 9.17) is 4.74 Å². The summed E-state index contributed by atoms with van der Waals surface area (Å²) in [5.41, 5.74) is 1.70. The van der Waals surface area contributed by atoms with Crippen LogP contribution in [0.5, 0.6) is 5.75 Å². The van der Waals surface area contributed by atoms with Crippen molar-refractivity contribution in [3.8, 4) is 11.4 Å². The third-order valence-corrected chi connectivity index (χ3v) is 7.14. The number of aromatic nitrogens is 4. The number of tetrazole rings is 1. The fraction of sp³-hybridized carbons (Fsp3) is 0.417. The fourth-order valence-corrected chi connectivity index (χ4v) is 5.22. The zero-order valence-corrected chi connectivity index (χ0v) is 21.5. The maximum absolute atomic E-state index is 13.3. The highest BCUT2D eigenvalue weighted by molar-refractivity contribution is 7.91. The van der Waals surface area contributed by atoms with Crippen molar-refractivity contribution < 1.29 is 31.1 Å². The summed E-state index contributed by atoms with van der Waals surface area (Å²) >= 11 is 0. The van der Waals surface area contributed by atoms with E-state index in [0.717, 1.165) is 11.8 Å². The highest BCUT2D eigenvalue weighted by Gasteiger charge is 2.38. The maximum Gasteiger partial charge on any atom is 0.453 e. The van der Waals surface area contributed by atoms with Crippen LogP contribution in [0, 0.1) is 0 Å². The second-order valence-electron chi connectivity index (χ2n) is 9.11. The number of benzene rings is 2. The summed E-state index contributed by atoms with van der Waals surface area (Å²) in [5.74, 6) is -1.90. The summed E-state index contributed by atoms with van der Waals surface area (Å²) in [4.78, 5) is 14.2. The molecule has 0 saturated carbocycles. The van der Waals surface area contributed by atoms with E-state index in [1.807, 2.05) is 30.3 Å². The average molecular weight is 553 g/mol. The molecule has 1 aliphatic rings. The van der Waals surface area contributed by atoms with Gasteiger partial charge in [0.25, 0.3) is 5.82 Å². The molecule has 38 heavy (non-hydrogen) atoms. The van der Waals surface area contributed by atoms with E-state index < -0.39 is 33.5 Å². The van der Waals surface area contributed by atoms with Crippen LogP contribution >= 0.6 is 0 Å². The number of methoxy groups -OCH3 is 1. The van der Waals surface area contributed by atoms with Gasteiger partial charge in [0.05, 0.1) is 12.8 Å². The molecule has 4 rings (SSSR count). The lowest BCUT2D eigenvalue weighted by Crippen LogP contribution is -2.50. The molecule has 1 amide bonds. The van der Waals surface area contributed by atoms with E-state index in [-0.39, 0.29) is 24.2 Å². The Balaban J connectivity index is 1.56. The van der Waals surface area contributed by atoms with Gasteiger partial charge in [-0.15, -0.1) is 5.10 Å². The number of nitrogens with one attached hydrogen (secondary N) is 1. The first-order valence-electron chi connectivity index (χ1n) is 11.7. The number of likely N-dealkylation sites (tertiary alicyclic amines) is 1. The molecule has 14 heteroatoms. The third kappa shape index (κ3) is 6.48. The Hall–Kier alpha value is -3.52. The van der Waals surface area contributed by atoms with Gasteiger partial charge in [0.2, 0.25) is 5.91 Å². The van der Waals surface area contributed by atoms with Crippen LogP contribution in [0.1, 0.15) is 29.3 Å². The van der Waals surface area contributed by atoms with E-state index in [0.29, 0.717) is 35.5 Å². The minimum atomic E-state index is -4.73. The van der Waals surface area contributed by atoms with Gasteiger partial charge in [-0.05, 0) is 40.6 Å². The molecule has 0 bridgehead atoms. The van der Waals surface area contributed by atoms with Gasteiger partial charge in [0, 0.05) is 43.4 Å². The molecule has 2 unspecified atom stereocenters. The molecule has 0 radical (unpaired) electrons. The molecule has 1 fully saturated rings. The number of carbonyl (C=O) groups excluding carboxylic acids is 1. The number of halogens is 3.